The summed E-state index contributed by atoms with van der Waals surface area (Å²) in [5, 5.41) is 13.8. The predicted molar refractivity (Wildman–Crippen MR) is 70.9 cm³/mol. The van der Waals surface area contributed by atoms with Crippen LogP contribution in [-0.2, 0) is 0 Å². The Morgan fingerprint density at radius 2 is 2.28 bits per heavy atom. The van der Waals surface area contributed by atoms with Crippen LogP contribution in [0.1, 0.15) is 43.4 Å². The molecule has 2 rings (SSSR count). The van der Waals surface area contributed by atoms with Gasteiger partial charge in [-0.15, -0.1) is 0 Å². The largest absolute Gasteiger partial charge is 0.387 e. The van der Waals surface area contributed by atoms with Crippen molar-refractivity contribution in [3.63, 3.8) is 0 Å². The van der Waals surface area contributed by atoms with Crippen LogP contribution in [0, 0.1) is 18.7 Å². The van der Waals surface area contributed by atoms with Crippen molar-refractivity contribution < 1.29 is 9.50 Å². The molecule has 3 heteroatoms. The second-order valence-electron chi connectivity index (χ2n) is 5.31. The maximum absolute atomic E-state index is 13.3. The quantitative estimate of drug-likeness (QED) is 0.865. The summed E-state index contributed by atoms with van der Waals surface area (Å²) in [5.74, 6) is 0.386. The van der Waals surface area contributed by atoms with Gasteiger partial charge in [0, 0.05) is 6.04 Å². The Hall–Kier alpha value is -0.930. The second-order valence-corrected chi connectivity index (χ2v) is 5.31. The molecule has 0 amide bonds. The molecule has 1 fully saturated rings. The average Bonchev–Trinajstić information content (AvgIpc) is 2.41. The first-order chi connectivity index (χ1) is 8.61. The van der Waals surface area contributed by atoms with E-state index in [9.17, 15) is 9.50 Å². The van der Waals surface area contributed by atoms with Crippen molar-refractivity contribution in [1.29, 1.82) is 0 Å². The Kier molecular flexibility index (Phi) is 4.36. The maximum Gasteiger partial charge on any atom is 0.123 e. The molecule has 3 unspecified atom stereocenters. The van der Waals surface area contributed by atoms with E-state index in [1.807, 2.05) is 6.92 Å². The van der Waals surface area contributed by atoms with E-state index in [0.29, 0.717) is 11.5 Å². The summed E-state index contributed by atoms with van der Waals surface area (Å²) in [5.41, 5.74) is 1.66. The van der Waals surface area contributed by atoms with Gasteiger partial charge in [0.2, 0.25) is 0 Å². The van der Waals surface area contributed by atoms with E-state index in [0.717, 1.165) is 24.9 Å². The zero-order chi connectivity index (χ0) is 13.1. The van der Waals surface area contributed by atoms with E-state index in [1.54, 1.807) is 6.07 Å². The first kappa shape index (κ1) is 13.5. The van der Waals surface area contributed by atoms with Crippen molar-refractivity contribution in [2.24, 2.45) is 5.92 Å². The standard InChI is InChI=1S/C15H22FNO/c1-3-11-6-7-17-14(8-11)15(18)13-9-12(16)5-4-10(13)2/h4-5,9,11,14-15,17-18H,3,6-8H2,1-2H3. The van der Waals surface area contributed by atoms with Crippen LogP contribution < -0.4 is 5.32 Å². The van der Waals surface area contributed by atoms with E-state index >= 15 is 0 Å². The normalized spacial score (nSPS) is 26.0. The molecule has 0 saturated carbocycles. The molecular formula is C15H22FNO. The molecule has 1 aromatic rings. The molecule has 3 atom stereocenters. The Morgan fingerprint density at radius 1 is 1.50 bits per heavy atom. The van der Waals surface area contributed by atoms with Gasteiger partial charge >= 0.3 is 0 Å². The minimum Gasteiger partial charge on any atom is -0.387 e. The number of aliphatic hydroxyl groups excluding tert-OH is 1. The zero-order valence-electron chi connectivity index (χ0n) is 11.1. The first-order valence-electron chi connectivity index (χ1n) is 6.79. The minimum absolute atomic E-state index is 0.0456. The molecule has 0 bridgehead atoms. The predicted octanol–water partition coefficient (Wildman–Crippen LogP) is 2.95. The Morgan fingerprint density at radius 3 is 3.00 bits per heavy atom. The van der Waals surface area contributed by atoms with Crippen LogP contribution >= 0.6 is 0 Å². The highest BCUT2D eigenvalue weighted by atomic mass is 19.1. The van der Waals surface area contributed by atoms with Crippen molar-refractivity contribution in [3.8, 4) is 0 Å². The third kappa shape index (κ3) is 2.90. The number of aryl methyl sites for hydroxylation is 1. The smallest absolute Gasteiger partial charge is 0.123 e. The fourth-order valence-corrected chi connectivity index (χ4v) is 2.79. The fraction of sp³-hybridized carbons (Fsp3) is 0.600. The van der Waals surface area contributed by atoms with Crippen LogP contribution in [0.3, 0.4) is 0 Å². The number of hydrogen-bond acceptors (Lipinski definition) is 2. The van der Waals surface area contributed by atoms with Crippen molar-refractivity contribution in [2.45, 2.75) is 45.3 Å². The summed E-state index contributed by atoms with van der Waals surface area (Å²) in [6, 6.07) is 4.67. The number of benzene rings is 1. The topological polar surface area (TPSA) is 32.3 Å². The molecule has 100 valence electrons. The molecule has 0 spiro atoms. The van der Waals surface area contributed by atoms with Crippen LogP contribution in [-0.4, -0.2) is 17.7 Å². The monoisotopic (exact) mass is 251 g/mol. The summed E-state index contributed by atoms with van der Waals surface area (Å²) in [4.78, 5) is 0. The van der Waals surface area contributed by atoms with E-state index in [4.69, 9.17) is 0 Å². The highest BCUT2D eigenvalue weighted by molar-refractivity contribution is 5.29. The van der Waals surface area contributed by atoms with E-state index in [2.05, 4.69) is 12.2 Å². The van der Waals surface area contributed by atoms with Crippen LogP contribution in [0.15, 0.2) is 18.2 Å². The molecule has 0 aliphatic carbocycles. The van der Waals surface area contributed by atoms with Crippen molar-refractivity contribution in [1.82, 2.24) is 5.32 Å². The van der Waals surface area contributed by atoms with E-state index in [-0.39, 0.29) is 11.9 Å². The Bertz CT molecular complexity index is 407. The number of hydrogen-bond donors (Lipinski definition) is 2. The molecule has 18 heavy (non-hydrogen) atoms. The van der Waals surface area contributed by atoms with Gasteiger partial charge in [-0.25, -0.2) is 4.39 Å². The van der Waals surface area contributed by atoms with Gasteiger partial charge in [0.05, 0.1) is 6.10 Å². The number of rotatable bonds is 3. The molecule has 1 saturated heterocycles. The summed E-state index contributed by atoms with van der Waals surface area (Å²) >= 11 is 0. The lowest BCUT2D eigenvalue weighted by atomic mass is 9.85. The first-order valence-corrected chi connectivity index (χ1v) is 6.79. The fourth-order valence-electron chi connectivity index (χ4n) is 2.79. The minimum atomic E-state index is -0.616. The van der Waals surface area contributed by atoms with Gasteiger partial charge in [-0.05, 0) is 55.5 Å². The van der Waals surface area contributed by atoms with Gasteiger partial charge in [0.1, 0.15) is 5.82 Å². The Balaban J connectivity index is 2.14. The van der Waals surface area contributed by atoms with Crippen LogP contribution in [0.4, 0.5) is 4.39 Å². The van der Waals surface area contributed by atoms with Crippen molar-refractivity contribution in [3.05, 3.63) is 35.1 Å². The lowest BCUT2D eigenvalue weighted by molar-refractivity contribution is 0.0971. The summed E-state index contributed by atoms with van der Waals surface area (Å²) < 4.78 is 13.3. The molecule has 0 radical (unpaired) electrons. The third-order valence-electron chi connectivity index (χ3n) is 4.06. The highest BCUT2D eigenvalue weighted by Crippen LogP contribution is 2.29. The maximum atomic E-state index is 13.3. The molecule has 2 nitrogen and oxygen atoms in total. The van der Waals surface area contributed by atoms with Crippen molar-refractivity contribution >= 4 is 0 Å². The second kappa shape index (κ2) is 5.81. The van der Waals surface area contributed by atoms with Crippen LogP contribution in [0.2, 0.25) is 0 Å². The molecule has 1 heterocycles. The van der Waals surface area contributed by atoms with Gasteiger partial charge in [0.15, 0.2) is 0 Å². The number of piperidine rings is 1. The molecule has 0 aromatic heterocycles. The molecular weight excluding hydrogens is 229 g/mol. The van der Waals surface area contributed by atoms with Gasteiger partial charge in [-0.2, -0.15) is 0 Å². The molecule has 2 N–H and O–H groups in total. The third-order valence-corrected chi connectivity index (χ3v) is 4.06. The lowest BCUT2D eigenvalue weighted by Gasteiger charge is -2.33. The van der Waals surface area contributed by atoms with Gasteiger partial charge in [0.25, 0.3) is 0 Å². The molecule has 1 aliphatic heterocycles. The van der Waals surface area contributed by atoms with Crippen LogP contribution in [0.25, 0.3) is 0 Å². The summed E-state index contributed by atoms with van der Waals surface area (Å²) in [7, 11) is 0. The van der Waals surface area contributed by atoms with E-state index < -0.39 is 6.10 Å². The van der Waals surface area contributed by atoms with Gasteiger partial charge < -0.3 is 10.4 Å². The summed E-state index contributed by atoms with van der Waals surface area (Å²) in [6.07, 6.45) is 2.66. The molecule has 1 aliphatic rings. The van der Waals surface area contributed by atoms with E-state index in [1.165, 1.54) is 18.6 Å². The SMILES string of the molecule is CCC1CCNC(C(O)c2cc(F)ccc2C)C1. The number of nitrogens with one attached hydrogen (secondary N) is 1. The summed E-state index contributed by atoms with van der Waals surface area (Å²) in [6.45, 7) is 5.04. The van der Waals surface area contributed by atoms with Crippen LogP contribution in [0.5, 0.6) is 0 Å². The highest BCUT2D eigenvalue weighted by Gasteiger charge is 2.28. The Labute approximate surface area is 108 Å². The number of halogens is 1. The lowest BCUT2D eigenvalue weighted by Crippen LogP contribution is -2.42. The number of aliphatic hydroxyl groups is 1. The van der Waals surface area contributed by atoms with Gasteiger partial charge in [-0.1, -0.05) is 19.4 Å². The van der Waals surface area contributed by atoms with Crippen molar-refractivity contribution in [2.75, 3.05) is 6.54 Å². The zero-order valence-corrected chi connectivity index (χ0v) is 11.1. The van der Waals surface area contributed by atoms with Gasteiger partial charge in [-0.3, -0.25) is 0 Å². The average molecular weight is 251 g/mol. The molecule has 1 aromatic carbocycles.